The summed E-state index contributed by atoms with van der Waals surface area (Å²) in [5.74, 6) is 0.947. The molecule has 0 unspecified atom stereocenters. The van der Waals surface area contributed by atoms with E-state index >= 15 is 0 Å². The predicted molar refractivity (Wildman–Crippen MR) is 134 cm³/mol. The van der Waals surface area contributed by atoms with Crippen molar-refractivity contribution in [2.45, 2.75) is 10.6 Å². The molecule has 0 spiro atoms. The first-order chi connectivity index (χ1) is 15.3. The Balaban J connectivity index is 1.57. The van der Waals surface area contributed by atoms with Gasteiger partial charge in [0.1, 0.15) is 4.90 Å². The summed E-state index contributed by atoms with van der Waals surface area (Å²) in [5, 5.41) is 4.00. The first-order valence-electron chi connectivity index (χ1n) is 9.43. The molecule has 1 amide bonds. The minimum atomic E-state index is -3.95. The van der Waals surface area contributed by atoms with Gasteiger partial charge in [0.25, 0.3) is 15.9 Å². The van der Waals surface area contributed by atoms with Crippen molar-refractivity contribution in [1.29, 1.82) is 0 Å². The molecule has 0 aliphatic rings. The Kier molecular flexibility index (Phi) is 8.73. The third-order valence-electron chi connectivity index (χ3n) is 4.31. The first kappa shape index (κ1) is 24.7. The van der Waals surface area contributed by atoms with Crippen LogP contribution in [0.4, 0.5) is 5.69 Å². The molecule has 0 atom stereocenters. The molecule has 10 heteroatoms. The minimum absolute atomic E-state index is 0.0281. The van der Waals surface area contributed by atoms with E-state index < -0.39 is 10.0 Å². The third-order valence-corrected chi connectivity index (χ3v) is 7.77. The molecule has 2 N–H and O–H groups in total. The minimum Gasteiger partial charge on any atom is -0.351 e. The van der Waals surface area contributed by atoms with Crippen LogP contribution in [0.3, 0.4) is 0 Å². The number of benzene rings is 3. The van der Waals surface area contributed by atoms with Crippen molar-refractivity contribution < 1.29 is 13.2 Å². The number of carbonyl (C=O) groups is 1. The zero-order valence-corrected chi connectivity index (χ0v) is 20.5. The number of thioether (sulfide) groups is 1. The lowest BCUT2D eigenvalue weighted by molar-refractivity contribution is 0.0956. The Morgan fingerprint density at radius 1 is 0.906 bits per heavy atom. The zero-order valence-electron chi connectivity index (χ0n) is 16.6. The molecule has 3 rings (SSSR count). The fourth-order valence-corrected chi connectivity index (χ4v) is 5.73. The number of amides is 1. The summed E-state index contributed by atoms with van der Waals surface area (Å²) in [7, 11) is -3.95. The van der Waals surface area contributed by atoms with Crippen molar-refractivity contribution in [2.24, 2.45) is 0 Å². The number of hydrogen-bond acceptors (Lipinski definition) is 4. The van der Waals surface area contributed by atoms with Gasteiger partial charge in [0, 0.05) is 39.3 Å². The highest BCUT2D eigenvalue weighted by molar-refractivity contribution is 7.98. The van der Waals surface area contributed by atoms with Gasteiger partial charge in [-0.2, -0.15) is 11.8 Å². The highest BCUT2D eigenvalue weighted by atomic mass is 35.5. The monoisotopic (exact) mass is 528 g/mol. The molecular weight excluding hydrogens is 511 g/mol. The molecule has 0 aliphatic heterocycles. The Hall–Kier alpha value is -1.90. The molecule has 0 saturated carbocycles. The summed E-state index contributed by atoms with van der Waals surface area (Å²) in [4.78, 5) is 12.3. The second-order valence-electron chi connectivity index (χ2n) is 6.66. The van der Waals surface area contributed by atoms with Gasteiger partial charge in [-0.1, -0.05) is 59.1 Å². The van der Waals surface area contributed by atoms with E-state index in [-0.39, 0.29) is 21.4 Å². The highest BCUT2D eigenvalue weighted by Crippen LogP contribution is 2.26. The Morgan fingerprint density at radius 2 is 1.66 bits per heavy atom. The fourth-order valence-electron chi connectivity index (χ4n) is 2.73. The Bertz CT molecular complexity index is 1210. The van der Waals surface area contributed by atoms with Crippen LogP contribution < -0.4 is 10.0 Å². The smallest absolute Gasteiger partial charge is 0.263 e. The van der Waals surface area contributed by atoms with Crippen LogP contribution in [0.5, 0.6) is 0 Å². The van der Waals surface area contributed by atoms with Gasteiger partial charge in [-0.05, 0) is 48.0 Å². The van der Waals surface area contributed by atoms with Crippen molar-refractivity contribution in [3.63, 3.8) is 0 Å². The molecule has 3 aromatic carbocycles. The van der Waals surface area contributed by atoms with E-state index in [0.29, 0.717) is 33.8 Å². The lowest BCUT2D eigenvalue weighted by atomic mass is 10.2. The van der Waals surface area contributed by atoms with E-state index in [4.69, 9.17) is 34.8 Å². The molecule has 0 heterocycles. The van der Waals surface area contributed by atoms with Crippen LogP contribution in [0.15, 0.2) is 71.6 Å². The number of nitrogens with one attached hydrogen (secondary N) is 2. The lowest BCUT2D eigenvalue weighted by Crippen LogP contribution is -2.26. The number of rotatable bonds is 9. The summed E-state index contributed by atoms with van der Waals surface area (Å²) in [6.07, 6.45) is 0. The van der Waals surface area contributed by atoms with Crippen molar-refractivity contribution in [3.05, 3.63) is 92.9 Å². The number of carbonyl (C=O) groups excluding carboxylic acids is 1. The largest absolute Gasteiger partial charge is 0.351 e. The van der Waals surface area contributed by atoms with Crippen LogP contribution in [0.1, 0.15) is 15.9 Å². The fraction of sp³-hybridized carbons (Fsp3) is 0.136. The molecule has 0 bridgehead atoms. The van der Waals surface area contributed by atoms with Gasteiger partial charge in [0.15, 0.2) is 0 Å². The van der Waals surface area contributed by atoms with Crippen LogP contribution in [0, 0.1) is 0 Å². The molecule has 0 aliphatic carbocycles. The number of halogens is 3. The SMILES string of the molecule is O=C(NCCSCc1ccc(Cl)cc1Cl)c1ccc(Cl)c(S(=O)(=O)Nc2ccccc2)c1. The van der Waals surface area contributed by atoms with E-state index in [1.54, 1.807) is 54.2 Å². The third kappa shape index (κ3) is 6.80. The summed E-state index contributed by atoms with van der Waals surface area (Å²) in [6.45, 7) is 0.404. The normalized spacial score (nSPS) is 11.2. The topological polar surface area (TPSA) is 75.3 Å². The Morgan fingerprint density at radius 3 is 2.38 bits per heavy atom. The summed E-state index contributed by atoms with van der Waals surface area (Å²) >= 11 is 19.8. The maximum absolute atomic E-state index is 12.7. The molecule has 0 radical (unpaired) electrons. The molecule has 168 valence electrons. The molecule has 0 fully saturated rings. The first-order valence-corrected chi connectivity index (χ1v) is 13.2. The second kappa shape index (κ2) is 11.3. The van der Waals surface area contributed by atoms with E-state index in [1.165, 1.54) is 18.2 Å². The van der Waals surface area contributed by atoms with Crippen molar-refractivity contribution in [3.8, 4) is 0 Å². The van der Waals surface area contributed by atoms with Crippen molar-refractivity contribution in [2.75, 3.05) is 17.0 Å². The van der Waals surface area contributed by atoms with Crippen molar-refractivity contribution in [1.82, 2.24) is 5.32 Å². The van der Waals surface area contributed by atoms with Crippen LogP contribution in [0.25, 0.3) is 0 Å². The van der Waals surface area contributed by atoms with Crippen LogP contribution in [0.2, 0.25) is 15.1 Å². The average molecular weight is 530 g/mol. The zero-order chi connectivity index (χ0) is 23.1. The molecule has 0 saturated heterocycles. The predicted octanol–water partition coefficient (Wildman–Crippen LogP) is 6.11. The molecular formula is C22H19Cl3N2O3S2. The van der Waals surface area contributed by atoms with Crippen LogP contribution in [-0.4, -0.2) is 26.6 Å². The van der Waals surface area contributed by atoms with Gasteiger partial charge in [-0.15, -0.1) is 0 Å². The van der Waals surface area contributed by atoms with Crippen LogP contribution in [-0.2, 0) is 15.8 Å². The summed E-state index contributed by atoms with van der Waals surface area (Å²) < 4.78 is 27.9. The second-order valence-corrected chi connectivity index (χ2v) is 10.7. The highest BCUT2D eigenvalue weighted by Gasteiger charge is 2.20. The Labute approximate surface area is 206 Å². The maximum atomic E-state index is 12.7. The molecule has 3 aromatic rings. The van der Waals surface area contributed by atoms with Gasteiger partial charge in [0.2, 0.25) is 0 Å². The number of hydrogen-bond donors (Lipinski definition) is 2. The van der Waals surface area contributed by atoms with Gasteiger partial charge in [0.05, 0.1) is 5.02 Å². The number of sulfonamides is 1. The summed E-state index contributed by atoms with van der Waals surface area (Å²) in [6, 6.07) is 17.9. The van der Waals surface area contributed by atoms with Crippen LogP contribution >= 0.6 is 46.6 Å². The molecule has 0 aromatic heterocycles. The van der Waals surface area contributed by atoms with Gasteiger partial charge < -0.3 is 5.32 Å². The van der Waals surface area contributed by atoms with E-state index in [0.717, 1.165) is 5.56 Å². The number of para-hydroxylation sites is 1. The van der Waals surface area contributed by atoms with Crippen molar-refractivity contribution >= 4 is 68.2 Å². The van der Waals surface area contributed by atoms with Gasteiger partial charge >= 0.3 is 0 Å². The van der Waals surface area contributed by atoms with E-state index in [1.807, 2.05) is 6.07 Å². The average Bonchev–Trinajstić information content (AvgIpc) is 2.75. The molecule has 5 nitrogen and oxygen atoms in total. The quantitative estimate of drug-likeness (QED) is 0.328. The van der Waals surface area contributed by atoms with E-state index in [9.17, 15) is 13.2 Å². The standard InChI is InChI=1S/C22H19Cl3N2O3S2/c23-17-8-6-16(20(25)13-17)14-31-11-10-26-22(28)15-7-9-19(24)21(12-15)32(29,30)27-18-4-2-1-3-5-18/h1-9,12-13,27H,10-11,14H2,(H,26,28). The van der Waals surface area contributed by atoms with E-state index in [2.05, 4.69) is 10.0 Å². The lowest BCUT2D eigenvalue weighted by Gasteiger charge is -2.11. The maximum Gasteiger partial charge on any atom is 0.263 e. The summed E-state index contributed by atoms with van der Waals surface area (Å²) in [5.41, 5.74) is 1.57. The van der Waals surface area contributed by atoms with Gasteiger partial charge in [-0.3, -0.25) is 9.52 Å². The van der Waals surface area contributed by atoms with Gasteiger partial charge in [-0.25, -0.2) is 8.42 Å². The molecule has 32 heavy (non-hydrogen) atoms. The number of anilines is 1.